The predicted octanol–water partition coefficient (Wildman–Crippen LogP) is 6.38. The van der Waals surface area contributed by atoms with Gasteiger partial charge in [-0.2, -0.15) is 0 Å². The summed E-state index contributed by atoms with van der Waals surface area (Å²) in [5.74, 6) is -3.29. The van der Waals surface area contributed by atoms with Crippen molar-refractivity contribution in [2.45, 2.75) is 77.0 Å². The lowest BCUT2D eigenvalue weighted by Gasteiger charge is -2.44. The van der Waals surface area contributed by atoms with Crippen LogP contribution in [0.25, 0.3) is 11.1 Å². The number of anilines is 1. The zero-order valence-corrected chi connectivity index (χ0v) is 52.7. The number of hydrogen-bond donors (Lipinski definition) is 2. The van der Waals surface area contributed by atoms with Gasteiger partial charge in [-0.05, 0) is 63.2 Å². The van der Waals surface area contributed by atoms with Crippen LogP contribution in [0.15, 0.2) is 91.0 Å². The lowest BCUT2D eigenvalue weighted by Crippen LogP contribution is -2.63. The fourth-order valence-electron chi connectivity index (χ4n) is 9.65. The first kappa shape index (κ1) is 72.7. The fourth-order valence-corrected chi connectivity index (χ4v) is 9.83. The summed E-state index contributed by atoms with van der Waals surface area (Å²) in [7, 11) is 2.98. The van der Waals surface area contributed by atoms with Crippen molar-refractivity contribution in [3.05, 3.63) is 119 Å². The van der Waals surface area contributed by atoms with E-state index >= 15 is 0 Å². The lowest BCUT2D eigenvalue weighted by atomic mass is 9.98. The quantitative estimate of drug-likeness (QED) is 0.0210. The summed E-state index contributed by atoms with van der Waals surface area (Å²) < 4.78 is 90.0. The van der Waals surface area contributed by atoms with E-state index < -0.39 is 71.9 Å². The Kier molecular flexibility index (Phi) is 32.4. The third-order valence-electron chi connectivity index (χ3n) is 13.7. The summed E-state index contributed by atoms with van der Waals surface area (Å²) in [5.41, 5.74) is 5.14. The summed E-state index contributed by atoms with van der Waals surface area (Å²) in [4.78, 5) is 92.3. The molecule has 1 unspecified atom stereocenters. The Balaban J connectivity index is 1.06. The molecule has 1 fully saturated rings. The number of ether oxygens (including phenoxy) is 16. The molecule has 0 saturated carbocycles. The molecule has 2 N–H and O–H groups in total. The van der Waals surface area contributed by atoms with Gasteiger partial charge in [0, 0.05) is 72.5 Å². The molecule has 4 aromatic rings. The topological polar surface area (TPSA) is 294 Å². The van der Waals surface area contributed by atoms with Crippen LogP contribution >= 0.6 is 11.6 Å². The number of fused-ring (bicyclic) bond motifs is 3. The molecule has 498 valence electrons. The predicted molar refractivity (Wildman–Crippen MR) is 325 cm³/mol. The van der Waals surface area contributed by atoms with Crippen molar-refractivity contribution in [1.29, 1.82) is 0 Å². The Hall–Kier alpha value is -7.34. The second-order valence-corrected chi connectivity index (χ2v) is 20.7. The van der Waals surface area contributed by atoms with Crippen LogP contribution in [0.4, 0.5) is 15.3 Å². The highest BCUT2D eigenvalue weighted by molar-refractivity contribution is 6.67. The van der Waals surface area contributed by atoms with Crippen LogP contribution in [0.5, 0.6) is 5.75 Å². The summed E-state index contributed by atoms with van der Waals surface area (Å²) in [6.45, 7) is 8.22. The minimum Gasteiger partial charge on any atom is -0.459 e. The average molecular weight is 1300 g/mol. The first-order chi connectivity index (χ1) is 44.2. The van der Waals surface area contributed by atoms with Crippen molar-refractivity contribution in [2.24, 2.45) is 0 Å². The molecule has 27 heteroatoms. The zero-order chi connectivity index (χ0) is 65.2. The summed E-state index contributed by atoms with van der Waals surface area (Å²) in [6, 6.07) is 26.7. The second-order valence-electron chi connectivity index (χ2n) is 20.4. The van der Waals surface area contributed by atoms with Crippen molar-refractivity contribution in [1.82, 2.24) is 10.2 Å². The molecule has 6 rings (SSSR count). The molecular weight excluding hydrogens is 1210 g/mol. The van der Waals surface area contributed by atoms with Gasteiger partial charge in [0.1, 0.15) is 25.1 Å². The molecule has 0 aromatic heterocycles. The maximum absolute atomic E-state index is 14.1. The van der Waals surface area contributed by atoms with Gasteiger partial charge in [0.05, 0.1) is 111 Å². The van der Waals surface area contributed by atoms with Gasteiger partial charge in [0.25, 0.3) is 5.24 Å². The first-order valence-electron chi connectivity index (χ1n) is 29.7. The number of benzene rings is 4. The van der Waals surface area contributed by atoms with Crippen molar-refractivity contribution in [3.8, 4) is 16.9 Å². The van der Waals surface area contributed by atoms with Gasteiger partial charge in [-0.3, -0.25) is 24.0 Å². The molecule has 3 amide bonds. The number of methoxy groups -OCH3 is 2. The van der Waals surface area contributed by atoms with Crippen molar-refractivity contribution < 1.29 is 109 Å². The highest BCUT2D eigenvalue weighted by Crippen LogP contribution is 2.44. The fraction of sp³-hybridized carbons (Fsp3) is 0.516. The molecule has 26 nitrogen and oxygen atoms in total. The molecule has 2 aliphatic rings. The van der Waals surface area contributed by atoms with Crippen LogP contribution in [0, 0.1) is 0 Å². The Morgan fingerprint density at radius 1 is 0.560 bits per heavy atom. The average Bonchev–Trinajstić information content (AvgIpc) is 1.74. The van der Waals surface area contributed by atoms with E-state index in [1.54, 1.807) is 25.3 Å². The third kappa shape index (κ3) is 25.0. The molecule has 4 aromatic carbocycles. The third-order valence-corrected chi connectivity index (χ3v) is 13.9. The van der Waals surface area contributed by atoms with E-state index in [0.29, 0.717) is 90.4 Å². The maximum Gasteiger partial charge on any atom is 0.410 e. The zero-order valence-electron chi connectivity index (χ0n) is 51.9. The van der Waals surface area contributed by atoms with Crippen LogP contribution in [-0.2, 0) is 103 Å². The van der Waals surface area contributed by atoms with Crippen LogP contribution in [0.2, 0.25) is 0 Å². The number of halogens is 1. The minimum absolute atomic E-state index is 0.00555. The second kappa shape index (κ2) is 40.5. The van der Waals surface area contributed by atoms with E-state index in [-0.39, 0.29) is 88.6 Å². The van der Waals surface area contributed by atoms with Crippen LogP contribution in [0.1, 0.15) is 65.7 Å². The first-order valence-corrected chi connectivity index (χ1v) is 30.1. The smallest absolute Gasteiger partial charge is 0.410 e. The molecule has 1 heterocycles. The summed E-state index contributed by atoms with van der Waals surface area (Å²) in [5, 5.41) is 4.69. The van der Waals surface area contributed by atoms with Gasteiger partial charge in [0.2, 0.25) is 18.3 Å². The number of carbonyl (C=O) groups excluding carboxylic acids is 7. The number of carbonyl (C=O) groups is 7. The number of hydrogen-bond acceptors (Lipinski definition) is 23. The SMILES string of the molecule is COCCOCCOCCOCCOCCOCCOCCOCCN(Cc1ccccc1C(=O)Cl)C(=O)OCc1ccc(O[C@@H]2O[C@H](COC)C(OC(C)=O)[C@H](OC(C)=O)[C@H]2OC(C)=O)c(NC(=O)CCNC(=O)OCC2c3ccccc3-c3ccccc32)c1. The molecule has 1 aliphatic carbocycles. The Bertz CT molecular complexity index is 2890. The lowest BCUT2D eigenvalue weighted by molar-refractivity contribution is -0.288. The van der Waals surface area contributed by atoms with Crippen molar-refractivity contribution in [2.75, 3.05) is 145 Å². The molecule has 0 spiro atoms. The molecular formula is C64H82ClN3O23. The van der Waals surface area contributed by atoms with Gasteiger partial charge in [-0.25, -0.2) is 9.59 Å². The number of alkyl carbamates (subject to hydrolysis) is 1. The Morgan fingerprint density at radius 2 is 1.08 bits per heavy atom. The number of nitrogens with one attached hydrogen (secondary N) is 2. The van der Waals surface area contributed by atoms with Crippen molar-refractivity contribution in [3.63, 3.8) is 0 Å². The normalized spacial score (nSPS) is 16.6. The van der Waals surface area contributed by atoms with Gasteiger partial charge in [0.15, 0.2) is 12.2 Å². The van der Waals surface area contributed by atoms with E-state index in [4.69, 9.17) is 87.4 Å². The highest BCUT2D eigenvalue weighted by atomic mass is 35.5. The van der Waals surface area contributed by atoms with Gasteiger partial charge in [-0.1, -0.05) is 72.8 Å². The number of esters is 3. The number of amides is 3. The summed E-state index contributed by atoms with van der Waals surface area (Å²) in [6.07, 6.45) is -8.92. The highest BCUT2D eigenvalue weighted by Gasteiger charge is 2.53. The van der Waals surface area contributed by atoms with Gasteiger partial charge in [-0.15, -0.1) is 0 Å². The van der Waals surface area contributed by atoms with E-state index in [1.165, 1.54) is 36.3 Å². The minimum atomic E-state index is -1.59. The van der Waals surface area contributed by atoms with Crippen molar-refractivity contribution >= 4 is 58.5 Å². The molecule has 0 bridgehead atoms. The number of rotatable bonds is 42. The molecule has 1 saturated heterocycles. The van der Waals surface area contributed by atoms with Crippen LogP contribution in [-0.4, -0.2) is 216 Å². The molecule has 0 radical (unpaired) electrons. The van der Waals surface area contributed by atoms with Crippen LogP contribution < -0.4 is 15.4 Å². The molecule has 5 atom stereocenters. The largest absolute Gasteiger partial charge is 0.459 e. The standard InChI is InChI=1S/C64H82ClN3O23/c1-43(69)87-58-56(42-77-5)91-62(60(89-45(3)71)59(58)88-44(2)70)90-55-19-18-46(38-54(55)67-57(72)20-21-66-63(74)85-41-53-51-16-10-8-14-49(51)50-15-9-11-17-52(50)53)40-86-64(75)68(39-47-12-6-7-13-48(47)61(65)73)22-23-78-26-27-80-30-31-82-34-35-84-37-36-83-33-32-81-29-28-79-25-24-76-4/h6-19,38,53,56,58-60,62H,20-37,39-42H2,1-5H3,(H,66,74)(H,67,72)/t56-,58?,59+,60-,62-/m1/s1. The van der Waals surface area contributed by atoms with E-state index in [1.807, 2.05) is 48.5 Å². The van der Waals surface area contributed by atoms with E-state index in [9.17, 15) is 33.6 Å². The monoisotopic (exact) mass is 1300 g/mol. The molecule has 1 aliphatic heterocycles. The van der Waals surface area contributed by atoms with Crippen LogP contribution in [0.3, 0.4) is 0 Å². The molecule has 91 heavy (non-hydrogen) atoms. The summed E-state index contributed by atoms with van der Waals surface area (Å²) >= 11 is 5.94. The maximum atomic E-state index is 14.1. The van der Waals surface area contributed by atoms with Gasteiger partial charge >= 0.3 is 30.1 Å². The van der Waals surface area contributed by atoms with E-state index in [2.05, 4.69) is 10.6 Å². The van der Waals surface area contributed by atoms with E-state index in [0.717, 1.165) is 43.0 Å². The Labute approximate surface area is 533 Å². The Morgan fingerprint density at radius 3 is 1.63 bits per heavy atom. The van der Waals surface area contributed by atoms with Gasteiger partial charge < -0.3 is 91.3 Å². The number of nitrogens with zero attached hydrogens (tertiary/aromatic N) is 1.